The molecule has 0 radical (unpaired) electrons. The lowest BCUT2D eigenvalue weighted by atomic mass is 10.00. The van der Waals surface area contributed by atoms with Crippen molar-refractivity contribution < 1.29 is 4.79 Å². The molecule has 2 N–H and O–H groups in total. The van der Waals surface area contributed by atoms with Gasteiger partial charge in [0.25, 0.3) is 0 Å². The topological polar surface area (TPSA) is 41.1 Å². The molecule has 0 aliphatic carbocycles. The molecule has 5 heteroatoms. The van der Waals surface area contributed by atoms with Crippen molar-refractivity contribution in [2.75, 3.05) is 5.75 Å². The minimum Gasteiger partial charge on any atom is -0.353 e. The molecule has 1 aromatic carbocycles. The highest BCUT2D eigenvalue weighted by atomic mass is 35.5. The van der Waals surface area contributed by atoms with Crippen molar-refractivity contribution in [2.45, 2.75) is 61.5 Å². The van der Waals surface area contributed by atoms with Gasteiger partial charge in [-0.25, -0.2) is 0 Å². The van der Waals surface area contributed by atoms with E-state index >= 15 is 0 Å². The van der Waals surface area contributed by atoms with Crippen molar-refractivity contribution in [3.8, 4) is 0 Å². The van der Waals surface area contributed by atoms with Crippen LogP contribution in [0, 0.1) is 0 Å². The molecule has 2 heterocycles. The average Bonchev–Trinajstić information content (AvgIpc) is 2.84. The van der Waals surface area contributed by atoms with Gasteiger partial charge in [0.2, 0.25) is 5.91 Å². The van der Waals surface area contributed by atoms with Gasteiger partial charge in [0.05, 0.1) is 0 Å². The summed E-state index contributed by atoms with van der Waals surface area (Å²) in [6, 6.07) is 9.50. The highest BCUT2D eigenvalue weighted by molar-refractivity contribution is 7.99. The summed E-state index contributed by atoms with van der Waals surface area (Å²) in [4.78, 5) is 13.3. The van der Waals surface area contributed by atoms with E-state index in [9.17, 15) is 4.79 Å². The van der Waals surface area contributed by atoms with Crippen LogP contribution in [0.25, 0.3) is 0 Å². The molecular formula is C17H23ClN2OS. The quantitative estimate of drug-likeness (QED) is 0.615. The molecule has 120 valence electrons. The zero-order valence-electron chi connectivity index (χ0n) is 12.7. The van der Waals surface area contributed by atoms with Crippen LogP contribution in [0.1, 0.15) is 38.5 Å². The first-order valence-electron chi connectivity index (χ1n) is 8.13. The van der Waals surface area contributed by atoms with Crippen molar-refractivity contribution in [1.29, 1.82) is 0 Å². The van der Waals surface area contributed by atoms with Gasteiger partial charge < -0.3 is 10.6 Å². The fraction of sp³-hybridized carbons (Fsp3) is 0.588. The molecule has 2 aliphatic heterocycles. The number of thioether (sulfide) groups is 1. The number of halogens is 1. The van der Waals surface area contributed by atoms with Gasteiger partial charge in [-0.15, -0.1) is 11.8 Å². The number of carbonyl (C=O) groups excluding carboxylic acids is 1. The zero-order chi connectivity index (χ0) is 15.4. The van der Waals surface area contributed by atoms with Gasteiger partial charge in [0.15, 0.2) is 0 Å². The lowest BCUT2D eigenvalue weighted by Crippen LogP contribution is -2.48. The van der Waals surface area contributed by atoms with Crippen LogP contribution in [0.15, 0.2) is 29.2 Å². The van der Waals surface area contributed by atoms with Crippen LogP contribution in [0.3, 0.4) is 0 Å². The molecule has 3 nitrogen and oxygen atoms in total. The maximum atomic E-state index is 12.0. The van der Waals surface area contributed by atoms with Crippen LogP contribution in [0.2, 0.25) is 5.02 Å². The Bertz CT molecular complexity index is 496. The Morgan fingerprint density at radius 3 is 2.59 bits per heavy atom. The highest BCUT2D eigenvalue weighted by Gasteiger charge is 2.33. The van der Waals surface area contributed by atoms with Crippen molar-refractivity contribution in [2.24, 2.45) is 0 Å². The smallest absolute Gasteiger partial charge is 0.220 e. The van der Waals surface area contributed by atoms with Crippen LogP contribution in [0.5, 0.6) is 0 Å². The summed E-state index contributed by atoms with van der Waals surface area (Å²) in [5, 5.41) is 7.59. The van der Waals surface area contributed by atoms with E-state index in [-0.39, 0.29) is 5.91 Å². The van der Waals surface area contributed by atoms with E-state index in [1.165, 1.54) is 17.7 Å². The predicted molar refractivity (Wildman–Crippen MR) is 92.5 cm³/mol. The summed E-state index contributed by atoms with van der Waals surface area (Å²) in [6.07, 6.45) is 6.28. The number of nitrogens with one attached hydrogen (secondary N) is 2. The fourth-order valence-electron chi connectivity index (χ4n) is 3.43. The fourth-order valence-corrected chi connectivity index (χ4v) is 4.41. The van der Waals surface area contributed by atoms with E-state index in [1.807, 2.05) is 24.3 Å². The molecule has 3 rings (SSSR count). The van der Waals surface area contributed by atoms with E-state index in [1.54, 1.807) is 11.8 Å². The van der Waals surface area contributed by atoms with Crippen LogP contribution < -0.4 is 10.6 Å². The summed E-state index contributed by atoms with van der Waals surface area (Å²) < 4.78 is 0. The molecular weight excluding hydrogens is 316 g/mol. The van der Waals surface area contributed by atoms with Gasteiger partial charge in [0, 0.05) is 34.5 Å². The van der Waals surface area contributed by atoms with Crippen molar-refractivity contribution in [3.05, 3.63) is 29.3 Å². The molecule has 22 heavy (non-hydrogen) atoms. The third-order valence-corrected chi connectivity index (χ3v) is 5.82. The van der Waals surface area contributed by atoms with Gasteiger partial charge in [-0.2, -0.15) is 0 Å². The van der Waals surface area contributed by atoms with E-state index in [2.05, 4.69) is 10.6 Å². The molecule has 0 aromatic heterocycles. The van der Waals surface area contributed by atoms with Crippen molar-refractivity contribution in [1.82, 2.24) is 10.6 Å². The highest BCUT2D eigenvalue weighted by Crippen LogP contribution is 2.27. The van der Waals surface area contributed by atoms with Crippen molar-refractivity contribution >= 4 is 29.3 Å². The first-order chi connectivity index (χ1) is 10.7. The Kier molecular flexibility index (Phi) is 5.66. The Labute approximate surface area is 141 Å². The van der Waals surface area contributed by atoms with Crippen LogP contribution in [-0.2, 0) is 4.79 Å². The Morgan fingerprint density at radius 1 is 1.23 bits per heavy atom. The SMILES string of the molecule is O=C(CCCSc1ccc(Cl)cc1)NC1CC2CCC(C1)N2. The number of benzene rings is 1. The average molecular weight is 339 g/mol. The van der Waals surface area contributed by atoms with E-state index in [0.29, 0.717) is 24.5 Å². The lowest BCUT2D eigenvalue weighted by molar-refractivity contribution is -0.122. The first-order valence-corrected chi connectivity index (χ1v) is 9.49. The molecule has 2 atom stereocenters. The number of rotatable bonds is 6. The molecule has 2 bridgehead atoms. The van der Waals surface area contributed by atoms with Crippen LogP contribution in [0.4, 0.5) is 0 Å². The van der Waals surface area contributed by atoms with Crippen LogP contribution >= 0.6 is 23.4 Å². The van der Waals surface area contributed by atoms with Gasteiger partial charge in [0.1, 0.15) is 0 Å². The van der Waals surface area contributed by atoms with E-state index < -0.39 is 0 Å². The second kappa shape index (κ2) is 7.71. The molecule has 2 aliphatic rings. The molecule has 0 spiro atoms. The normalized spacial score (nSPS) is 26.9. The number of carbonyl (C=O) groups is 1. The van der Waals surface area contributed by atoms with Crippen LogP contribution in [-0.4, -0.2) is 29.8 Å². The molecule has 1 amide bonds. The minimum absolute atomic E-state index is 0.211. The predicted octanol–water partition coefficient (Wildman–Crippen LogP) is 3.61. The third-order valence-electron chi connectivity index (χ3n) is 4.47. The van der Waals surface area contributed by atoms with E-state index in [4.69, 9.17) is 11.6 Å². The van der Waals surface area contributed by atoms with Crippen molar-refractivity contribution in [3.63, 3.8) is 0 Å². The molecule has 2 fully saturated rings. The van der Waals surface area contributed by atoms with Gasteiger partial charge in [-0.3, -0.25) is 4.79 Å². The molecule has 2 unspecified atom stereocenters. The number of fused-ring (bicyclic) bond motifs is 2. The minimum atomic E-state index is 0.211. The number of amides is 1. The Balaban J connectivity index is 1.32. The Morgan fingerprint density at radius 2 is 1.91 bits per heavy atom. The first kappa shape index (κ1) is 16.2. The van der Waals surface area contributed by atoms with Gasteiger partial charge in [-0.05, 0) is 62.1 Å². The lowest BCUT2D eigenvalue weighted by Gasteiger charge is -2.29. The second-order valence-electron chi connectivity index (χ2n) is 6.28. The zero-order valence-corrected chi connectivity index (χ0v) is 14.3. The van der Waals surface area contributed by atoms with E-state index in [0.717, 1.165) is 30.0 Å². The maximum absolute atomic E-state index is 12.0. The number of hydrogen-bond donors (Lipinski definition) is 2. The molecule has 0 saturated carbocycles. The third kappa shape index (κ3) is 4.64. The number of hydrogen-bond acceptors (Lipinski definition) is 3. The summed E-state index contributed by atoms with van der Waals surface area (Å²) in [7, 11) is 0. The second-order valence-corrected chi connectivity index (χ2v) is 7.88. The summed E-state index contributed by atoms with van der Waals surface area (Å²) >= 11 is 7.64. The number of piperidine rings is 1. The molecule has 2 saturated heterocycles. The van der Waals surface area contributed by atoms with Gasteiger partial charge >= 0.3 is 0 Å². The maximum Gasteiger partial charge on any atom is 0.220 e. The largest absolute Gasteiger partial charge is 0.353 e. The Hall–Kier alpha value is -0.710. The van der Waals surface area contributed by atoms with Gasteiger partial charge in [-0.1, -0.05) is 11.6 Å². The summed E-state index contributed by atoms with van der Waals surface area (Å²) in [6.45, 7) is 0. The molecule has 1 aromatic rings. The summed E-state index contributed by atoms with van der Waals surface area (Å²) in [5.41, 5.74) is 0. The monoisotopic (exact) mass is 338 g/mol. The standard InChI is InChI=1S/C17H23ClN2OS/c18-12-3-7-16(8-4-12)22-9-1-2-17(21)20-15-10-13-5-6-14(11-15)19-13/h3-4,7-8,13-15,19H,1-2,5-6,9-11H2,(H,20,21). The summed E-state index contributed by atoms with van der Waals surface area (Å²) in [5.74, 6) is 1.18.